The van der Waals surface area contributed by atoms with Crippen LogP contribution >= 0.6 is 12.4 Å². The van der Waals surface area contributed by atoms with Crippen LogP contribution in [0.1, 0.15) is 18.4 Å². The summed E-state index contributed by atoms with van der Waals surface area (Å²) in [6.07, 6.45) is 0.943. The number of imide groups is 1. The molecule has 4 N–H and O–H groups in total. The summed E-state index contributed by atoms with van der Waals surface area (Å²) in [7, 11) is 0. The average Bonchev–Trinajstić information content (AvgIpc) is 2.43. The molecule has 0 spiro atoms. The molecule has 21 heavy (non-hydrogen) atoms. The Kier molecular flexibility index (Phi) is 6.33. The third-order valence-electron chi connectivity index (χ3n) is 3.19. The van der Waals surface area contributed by atoms with Gasteiger partial charge in [-0.15, -0.1) is 12.4 Å². The zero-order valence-electron chi connectivity index (χ0n) is 11.4. The topological polar surface area (TPSA) is 101 Å². The van der Waals surface area contributed by atoms with Crippen molar-refractivity contribution in [2.24, 2.45) is 5.73 Å². The van der Waals surface area contributed by atoms with Crippen LogP contribution < -0.4 is 16.4 Å². The lowest BCUT2D eigenvalue weighted by Gasteiger charge is -2.23. The van der Waals surface area contributed by atoms with Crippen LogP contribution in [0.4, 0.5) is 0 Å². The summed E-state index contributed by atoms with van der Waals surface area (Å²) in [5.74, 6) is -1.17. The first-order valence-corrected chi connectivity index (χ1v) is 6.50. The van der Waals surface area contributed by atoms with Gasteiger partial charge < -0.3 is 11.1 Å². The van der Waals surface area contributed by atoms with Crippen molar-refractivity contribution >= 4 is 30.1 Å². The number of hydrogen-bond donors (Lipinski definition) is 3. The van der Waals surface area contributed by atoms with Crippen LogP contribution in [0.5, 0.6) is 0 Å². The van der Waals surface area contributed by atoms with Gasteiger partial charge in [0.25, 0.3) is 0 Å². The number of halogens is 1. The van der Waals surface area contributed by atoms with E-state index >= 15 is 0 Å². The molecule has 0 saturated carbocycles. The van der Waals surface area contributed by atoms with Crippen molar-refractivity contribution in [1.82, 2.24) is 10.6 Å². The van der Waals surface area contributed by atoms with Crippen molar-refractivity contribution in [2.45, 2.75) is 31.3 Å². The highest BCUT2D eigenvalue weighted by atomic mass is 35.5. The number of rotatable bonds is 4. The number of benzene rings is 1. The molecule has 0 aromatic heterocycles. The highest BCUT2D eigenvalue weighted by Gasteiger charge is 2.29. The zero-order chi connectivity index (χ0) is 14.5. The van der Waals surface area contributed by atoms with E-state index in [1.54, 1.807) is 0 Å². The van der Waals surface area contributed by atoms with Crippen molar-refractivity contribution in [2.75, 3.05) is 0 Å². The van der Waals surface area contributed by atoms with E-state index in [-0.39, 0.29) is 30.6 Å². The van der Waals surface area contributed by atoms with Crippen molar-refractivity contribution in [3.8, 4) is 0 Å². The Morgan fingerprint density at radius 1 is 1.33 bits per heavy atom. The molecule has 0 aliphatic carbocycles. The summed E-state index contributed by atoms with van der Waals surface area (Å²) in [6, 6.07) is 8.02. The van der Waals surface area contributed by atoms with Crippen LogP contribution in [-0.4, -0.2) is 29.8 Å². The minimum atomic E-state index is -0.720. The molecule has 2 rings (SSSR count). The molecule has 6 nitrogen and oxygen atoms in total. The number of hydrogen-bond acceptors (Lipinski definition) is 4. The molecule has 0 radical (unpaired) electrons. The number of carbonyl (C=O) groups is 3. The van der Waals surface area contributed by atoms with Gasteiger partial charge >= 0.3 is 0 Å². The maximum absolute atomic E-state index is 11.9. The van der Waals surface area contributed by atoms with Crippen molar-refractivity contribution in [3.05, 3.63) is 35.9 Å². The van der Waals surface area contributed by atoms with Gasteiger partial charge in [-0.05, 0) is 18.4 Å². The van der Waals surface area contributed by atoms with Crippen LogP contribution in [0, 0.1) is 0 Å². The summed E-state index contributed by atoms with van der Waals surface area (Å²) in [6.45, 7) is 0. The van der Waals surface area contributed by atoms with E-state index < -0.39 is 18.0 Å². The monoisotopic (exact) mass is 311 g/mol. The molecule has 1 saturated heterocycles. The maximum atomic E-state index is 11.9. The van der Waals surface area contributed by atoms with Gasteiger partial charge in [0, 0.05) is 6.42 Å². The molecular formula is C14H18ClN3O3. The van der Waals surface area contributed by atoms with E-state index in [9.17, 15) is 14.4 Å². The molecule has 1 aliphatic heterocycles. The fourth-order valence-corrected chi connectivity index (χ4v) is 2.07. The van der Waals surface area contributed by atoms with Gasteiger partial charge in [0.2, 0.25) is 17.7 Å². The lowest BCUT2D eigenvalue weighted by Crippen LogP contribution is -2.55. The Bertz CT molecular complexity index is 521. The molecular weight excluding hydrogens is 294 g/mol. The molecule has 2 atom stereocenters. The second kappa shape index (κ2) is 7.75. The van der Waals surface area contributed by atoms with E-state index in [0.29, 0.717) is 12.8 Å². The third-order valence-corrected chi connectivity index (χ3v) is 3.19. The normalized spacial score (nSPS) is 19.2. The third kappa shape index (κ3) is 4.84. The van der Waals surface area contributed by atoms with Gasteiger partial charge in [-0.25, -0.2) is 0 Å². The number of amides is 3. The Hall–Kier alpha value is -1.92. The smallest absolute Gasteiger partial charge is 0.249 e. The van der Waals surface area contributed by atoms with Crippen LogP contribution in [0.15, 0.2) is 30.3 Å². The minimum Gasteiger partial charge on any atom is -0.343 e. The molecule has 1 aromatic rings. The van der Waals surface area contributed by atoms with Crippen molar-refractivity contribution in [3.63, 3.8) is 0 Å². The zero-order valence-corrected chi connectivity index (χ0v) is 12.2. The second-order valence-corrected chi connectivity index (χ2v) is 4.81. The van der Waals surface area contributed by atoms with Gasteiger partial charge in [-0.1, -0.05) is 30.3 Å². The van der Waals surface area contributed by atoms with Gasteiger partial charge in [-0.3, -0.25) is 19.7 Å². The van der Waals surface area contributed by atoms with Gasteiger partial charge in [0.05, 0.1) is 6.04 Å². The summed E-state index contributed by atoms with van der Waals surface area (Å²) in [4.78, 5) is 34.5. The molecule has 1 unspecified atom stereocenters. The summed E-state index contributed by atoms with van der Waals surface area (Å²) in [5.41, 5.74) is 6.79. The Morgan fingerprint density at radius 2 is 2.00 bits per heavy atom. The lowest BCUT2D eigenvalue weighted by atomic mass is 10.0. The number of piperidine rings is 1. The first-order valence-electron chi connectivity index (χ1n) is 6.50. The minimum absolute atomic E-state index is 0. The van der Waals surface area contributed by atoms with E-state index in [1.165, 1.54) is 0 Å². The largest absolute Gasteiger partial charge is 0.343 e. The molecule has 1 fully saturated rings. The summed E-state index contributed by atoms with van der Waals surface area (Å²) < 4.78 is 0. The van der Waals surface area contributed by atoms with E-state index in [1.807, 2.05) is 30.3 Å². The Morgan fingerprint density at radius 3 is 2.62 bits per heavy atom. The Balaban J connectivity index is 0.00000220. The first kappa shape index (κ1) is 17.1. The molecule has 7 heteroatoms. The summed E-state index contributed by atoms with van der Waals surface area (Å²) >= 11 is 0. The van der Waals surface area contributed by atoms with Crippen LogP contribution in [0.25, 0.3) is 0 Å². The van der Waals surface area contributed by atoms with Crippen molar-refractivity contribution < 1.29 is 14.4 Å². The lowest BCUT2D eigenvalue weighted by molar-refractivity contribution is -0.137. The second-order valence-electron chi connectivity index (χ2n) is 4.81. The van der Waals surface area contributed by atoms with Crippen LogP contribution in [0.3, 0.4) is 0 Å². The SMILES string of the molecule is Cl.N[C@@H](Cc1ccccc1)C(=O)NC1CCC(=O)NC1=O. The number of nitrogens with two attached hydrogens (primary N) is 1. The average molecular weight is 312 g/mol. The fourth-order valence-electron chi connectivity index (χ4n) is 2.07. The number of nitrogens with one attached hydrogen (secondary N) is 2. The molecule has 1 aliphatic rings. The highest BCUT2D eigenvalue weighted by molar-refractivity contribution is 6.02. The van der Waals surface area contributed by atoms with Crippen LogP contribution in [0.2, 0.25) is 0 Å². The van der Waals surface area contributed by atoms with Crippen LogP contribution in [-0.2, 0) is 20.8 Å². The van der Waals surface area contributed by atoms with Gasteiger partial charge in [-0.2, -0.15) is 0 Å². The predicted molar refractivity (Wildman–Crippen MR) is 79.7 cm³/mol. The van der Waals surface area contributed by atoms with E-state index in [4.69, 9.17) is 5.73 Å². The first-order chi connectivity index (χ1) is 9.56. The molecule has 1 aromatic carbocycles. The summed E-state index contributed by atoms with van der Waals surface area (Å²) in [5, 5.41) is 4.77. The fraction of sp³-hybridized carbons (Fsp3) is 0.357. The van der Waals surface area contributed by atoms with Crippen molar-refractivity contribution in [1.29, 1.82) is 0 Å². The molecule has 1 heterocycles. The molecule has 0 bridgehead atoms. The highest BCUT2D eigenvalue weighted by Crippen LogP contribution is 2.06. The van der Waals surface area contributed by atoms with Gasteiger partial charge in [0.15, 0.2) is 0 Å². The Labute approximate surface area is 128 Å². The van der Waals surface area contributed by atoms with Gasteiger partial charge in [0.1, 0.15) is 6.04 Å². The van der Waals surface area contributed by atoms with E-state index in [2.05, 4.69) is 10.6 Å². The van der Waals surface area contributed by atoms with E-state index in [0.717, 1.165) is 5.56 Å². The molecule has 3 amide bonds. The standard InChI is InChI=1S/C14H17N3O3.ClH/c15-10(8-9-4-2-1-3-5-9)13(19)16-11-6-7-12(18)17-14(11)20;/h1-5,10-11H,6-8,15H2,(H,16,19)(H,17,18,20);1H/t10-,11?;/m0./s1. The molecule has 114 valence electrons. The number of carbonyl (C=O) groups excluding carboxylic acids is 3. The quantitative estimate of drug-likeness (QED) is 0.676. The predicted octanol–water partition coefficient (Wildman–Crippen LogP) is -0.100. The maximum Gasteiger partial charge on any atom is 0.249 e.